The SMILES string of the molecule is C[C@@H](C(=O)N[C@H]1CCS[C@H]2CCCC(SCC=O)N2C1=O)N(C)C(=O)OC(C)(C)C. The Bertz CT molecular complexity index is 655. The maximum Gasteiger partial charge on any atom is 0.410 e. The minimum Gasteiger partial charge on any atom is -0.444 e. The van der Waals surface area contributed by atoms with Gasteiger partial charge in [-0.3, -0.25) is 14.5 Å². The van der Waals surface area contributed by atoms with E-state index in [0.29, 0.717) is 12.2 Å². The van der Waals surface area contributed by atoms with Crippen LogP contribution in [0.1, 0.15) is 53.4 Å². The summed E-state index contributed by atoms with van der Waals surface area (Å²) in [5, 5.41) is 2.88. The number of aldehydes is 1. The number of rotatable bonds is 6. The van der Waals surface area contributed by atoms with Crippen molar-refractivity contribution in [2.75, 3.05) is 18.6 Å². The number of carbonyl (C=O) groups excluding carboxylic acids is 4. The molecule has 3 amide bonds. The highest BCUT2D eigenvalue weighted by Crippen LogP contribution is 2.38. The lowest BCUT2D eigenvalue weighted by Gasteiger charge is -2.41. The number of hydrogen-bond acceptors (Lipinski definition) is 7. The van der Waals surface area contributed by atoms with Gasteiger partial charge in [0.05, 0.1) is 16.5 Å². The lowest BCUT2D eigenvalue weighted by atomic mass is 10.1. The number of likely N-dealkylation sites (N-methyl/N-ethyl adjacent to an activating group) is 1. The lowest BCUT2D eigenvalue weighted by molar-refractivity contribution is -0.139. The van der Waals surface area contributed by atoms with E-state index in [4.69, 9.17) is 4.74 Å². The van der Waals surface area contributed by atoms with Gasteiger partial charge in [0.25, 0.3) is 0 Å². The van der Waals surface area contributed by atoms with Crippen LogP contribution in [0.4, 0.5) is 4.79 Å². The Kier molecular flexibility index (Phi) is 8.90. The highest BCUT2D eigenvalue weighted by atomic mass is 32.2. The van der Waals surface area contributed by atoms with E-state index in [2.05, 4.69) is 5.32 Å². The molecule has 2 heterocycles. The summed E-state index contributed by atoms with van der Waals surface area (Å²) < 4.78 is 5.32. The van der Waals surface area contributed by atoms with Gasteiger partial charge in [0.15, 0.2) is 0 Å². The summed E-state index contributed by atoms with van der Waals surface area (Å²) in [4.78, 5) is 52.3. The van der Waals surface area contributed by atoms with Crippen LogP contribution >= 0.6 is 23.5 Å². The first-order valence-corrected chi connectivity index (χ1v) is 12.4. The van der Waals surface area contributed by atoms with E-state index < -0.39 is 23.8 Å². The Morgan fingerprint density at radius 3 is 2.70 bits per heavy atom. The standard InChI is InChI=1S/C20H33N3O5S2/c1-13(22(5)19(27)28-20(2,3)4)17(25)21-14-9-11-29-15-7-6-8-16(30-12-10-24)23(15)18(14)26/h10,13-16H,6-9,11-12H2,1-5H3,(H,21,25)/t13-,14-,15-,16?/m0/s1. The molecule has 10 heteroatoms. The number of amides is 3. The van der Waals surface area contributed by atoms with Crippen LogP contribution in [-0.2, 0) is 19.1 Å². The zero-order chi connectivity index (χ0) is 22.5. The largest absolute Gasteiger partial charge is 0.444 e. The van der Waals surface area contributed by atoms with E-state index in [1.807, 2.05) is 4.90 Å². The number of fused-ring (bicyclic) bond motifs is 1. The van der Waals surface area contributed by atoms with Crippen molar-refractivity contribution in [2.24, 2.45) is 0 Å². The molecule has 2 aliphatic heterocycles. The Labute approximate surface area is 187 Å². The van der Waals surface area contributed by atoms with Gasteiger partial charge in [-0.05, 0) is 59.1 Å². The van der Waals surface area contributed by atoms with Crippen LogP contribution < -0.4 is 5.32 Å². The van der Waals surface area contributed by atoms with Crippen molar-refractivity contribution in [3.8, 4) is 0 Å². The summed E-state index contributed by atoms with van der Waals surface area (Å²) in [7, 11) is 1.51. The number of thioether (sulfide) groups is 2. The van der Waals surface area contributed by atoms with E-state index in [1.54, 1.807) is 39.5 Å². The first kappa shape index (κ1) is 24.8. The molecule has 4 atom stereocenters. The van der Waals surface area contributed by atoms with E-state index in [0.717, 1.165) is 31.3 Å². The smallest absolute Gasteiger partial charge is 0.410 e. The fraction of sp³-hybridized carbons (Fsp3) is 0.800. The number of nitrogens with zero attached hydrogens (tertiary/aromatic N) is 2. The minimum atomic E-state index is -0.777. The molecule has 30 heavy (non-hydrogen) atoms. The molecule has 0 spiro atoms. The summed E-state index contributed by atoms with van der Waals surface area (Å²) >= 11 is 3.21. The predicted octanol–water partition coefficient (Wildman–Crippen LogP) is 2.46. The first-order valence-electron chi connectivity index (χ1n) is 10.3. The summed E-state index contributed by atoms with van der Waals surface area (Å²) in [5.74, 6) is 0.618. The summed E-state index contributed by atoms with van der Waals surface area (Å²) in [6.45, 7) is 6.90. The highest BCUT2D eigenvalue weighted by Gasteiger charge is 2.41. The molecular weight excluding hydrogens is 426 g/mol. The van der Waals surface area contributed by atoms with E-state index in [-0.39, 0.29) is 22.6 Å². The molecule has 0 aliphatic carbocycles. The molecule has 0 aromatic carbocycles. The maximum atomic E-state index is 13.3. The molecule has 2 rings (SSSR count). The molecular formula is C20H33N3O5S2. The van der Waals surface area contributed by atoms with Gasteiger partial charge in [-0.25, -0.2) is 4.79 Å². The Hall–Kier alpha value is -1.42. The molecule has 2 fully saturated rings. The van der Waals surface area contributed by atoms with Gasteiger partial charge in [-0.15, -0.1) is 23.5 Å². The van der Waals surface area contributed by atoms with Gasteiger partial charge >= 0.3 is 6.09 Å². The topological polar surface area (TPSA) is 96.0 Å². The minimum absolute atomic E-state index is 0.0479. The average molecular weight is 460 g/mol. The fourth-order valence-corrected chi connectivity index (χ4v) is 5.92. The van der Waals surface area contributed by atoms with Crippen LogP contribution in [0.2, 0.25) is 0 Å². The number of ether oxygens (including phenoxy) is 1. The van der Waals surface area contributed by atoms with Crippen LogP contribution in [0, 0.1) is 0 Å². The average Bonchev–Trinajstić information content (AvgIpc) is 2.83. The Morgan fingerprint density at radius 2 is 2.07 bits per heavy atom. The van der Waals surface area contributed by atoms with Crippen molar-refractivity contribution >= 4 is 47.7 Å². The number of piperidine rings is 1. The van der Waals surface area contributed by atoms with Crippen molar-refractivity contribution < 1.29 is 23.9 Å². The molecule has 0 aromatic rings. The lowest BCUT2D eigenvalue weighted by Crippen LogP contribution is -2.56. The molecule has 0 bridgehead atoms. The maximum absolute atomic E-state index is 13.3. The number of carbonyl (C=O) groups is 4. The number of hydrogen-bond donors (Lipinski definition) is 1. The second-order valence-corrected chi connectivity index (χ2v) is 11.1. The second kappa shape index (κ2) is 10.7. The van der Waals surface area contributed by atoms with Crippen LogP contribution in [0.15, 0.2) is 0 Å². The van der Waals surface area contributed by atoms with E-state index >= 15 is 0 Å². The molecule has 1 N–H and O–H groups in total. The molecule has 2 saturated heterocycles. The van der Waals surface area contributed by atoms with Gasteiger partial charge in [0.2, 0.25) is 11.8 Å². The van der Waals surface area contributed by atoms with E-state index in [9.17, 15) is 19.2 Å². The molecule has 2 aliphatic rings. The second-order valence-electron chi connectivity index (χ2n) is 8.57. The summed E-state index contributed by atoms with van der Waals surface area (Å²) in [6, 6.07) is -1.41. The molecule has 8 nitrogen and oxygen atoms in total. The van der Waals surface area contributed by atoms with Gasteiger partial charge in [0.1, 0.15) is 24.0 Å². The van der Waals surface area contributed by atoms with Crippen molar-refractivity contribution in [3.05, 3.63) is 0 Å². The molecule has 170 valence electrons. The highest BCUT2D eigenvalue weighted by molar-refractivity contribution is 8.01. The third kappa shape index (κ3) is 6.54. The Balaban J connectivity index is 2.05. The zero-order valence-electron chi connectivity index (χ0n) is 18.4. The quantitative estimate of drug-likeness (QED) is 0.610. The van der Waals surface area contributed by atoms with E-state index in [1.165, 1.54) is 23.7 Å². The van der Waals surface area contributed by atoms with Gasteiger partial charge in [0, 0.05) is 7.05 Å². The fourth-order valence-electron chi connectivity index (χ4n) is 3.41. The normalized spacial score (nSPS) is 25.6. The van der Waals surface area contributed by atoms with Gasteiger partial charge in [-0.1, -0.05) is 0 Å². The Morgan fingerprint density at radius 1 is 1.37 bits per heavy atom. The van der Waals surface area contributed by atoms with Gasteiger partial charge in [-0.2, -0.15) is 0 Å². The third-order valence-electron chi connectivity index (χ3n) is 5.11. The first-order chi connectivity index (χ1) is 14.0. The van der Waals surface area contributed by atoms with Crippen LogP contribution in [0.3, 0.4) is 0 Å². The number of nitrogens with one attached hydrogen (secondary N) is 1. The summed E-state index contributed by atoms with van der Waals surface area (Å²) in [5.41, 5.74) is -0.659. The van der Waals surface area contributed by atoms with Crippen molar-refractivity contribution in [2.45, 2.75) is 81.8 Å². The molecule has 0 radical (unpaired) electrons. The van der Waals surface area contributed by atoms with Crippen LogP contribution in [-0.4, -0.2) is 81.0 Å². The molecule has 0 saturated carbocycles. The third-order valence-corrected chi connectivity index (χ3v) is 7.60. The van der Waals surface area contributed by atoms with Crippen LogP contribution in [0.5, 0.6) is 0 Å². The van der Waals surface area contributed by atoms with Crippen molar-refractivity contribution in [1.82, 2.24) is 15.1 Å². The predicted molar refractivity (Wildman–Crippen MR) is 119 cm³/mol. The summed E-state index contributed by atoms with van der Waals surface area (Å²) in [6.07, 6.45) is 3.60. The molecule has 1 unspecified atom stereocenters. The monoisotopic (exact) mass is 459 g/mol. The van der Waals surface area contributed by atoms with Crippen LogP contribution in [0.25, 0.3) is 0 Å². The molecule has 0 aromatic heterocycles. The zero-order valence-corrected chi connectivity index (χ0v) is 20.0. The van der Waals surface area contributed by atoms with Crippen molar-refractivity contribution in [1.29, 1.82) is 0 Å². The van der Waals surface area contributed by atoms with Crippen molar-refractivity contribution in [3.63, 3.8) is 0 Å². The van der Waals surface area contributed by atoms with Gasteiger partial charge < -0.3 is 19.7 Å².